The molecular weight excluding hydrogens is 382 g/mol. The van der Waals surface area contributed by atoms with Crippen molar-refractivity contribution in [3.8, 4) is 11.5 Å². The number of nitrogens with zero attached hydrogens (tertiary/aromatic N) is 1. The van der Waals surface area contributed by atoms with E-state index in [2.05, 4.69) is 15.6 Å². The first-order chi connectivity index (χ1) is 14.7. The summed E-state index contributed by atoms with van der Waals surface area (Å²) in [6.07, 6.45) is 3.66. The van der Waals surface area contributed by atoms with Crippen LogP contribution in [-0.4, -0.2) is 36.8 Å². The smallest absolute Gasteiger partial charge is 0.257 e. The van der Waals surface area contributed by atoms with E-state index in [0.29, 0.717) is 53.6 Å². The number of allylic oxidation sites excluding steroid dienone is 2. The van der Waals surface area contributed by atoms with Crippen LogP contribution in [0.15, 0.2) is 76.9 Å². The highest BCUT2D eigenvalue weighted by molar-refractivity contribution is 6.14. The highest BCUT2D eigenvalue weighted by Crippen LogP contribution is 2.31. The molecule has 1 atom stereocenters. The molecule has 0 aromatic heterocycles. The van der Waals surface area contributed by atoms with Crippen LogP contribution in [0.5, 0.6) is 11.5 Å². The third-order valence-electron chi connectivity index (χ3n) is 5.10. The number of rotatable bonds is 3. The quantitative estimate of drug-likeness (QED) is 0.828. The number of carbonyl (C=O) groups excluding carboxylic acids is 2. The van der Waals surface area contributed by atoms with Crippen molar-refractivity contribution < 1.29 is 19.1 Å². The Hall–Kier alpha value is -3.87. The second kappa shape index (κ2) is 7.51. The van der Waals surface area contributed by atoms with Crippen LogP contribution < -0.4 is 20.1 Å². The molecule has 1 aliphatic carbocycles. The zero-order valence-corrected chi connectivity index (χ0v) is 16.1. The predicted octanol–water partition coefficient (Wildman–Crippen LogP) is 2.67. The first-order valence-corrected chi connectivity index (χ1v) is 9.74. The minimum Gasteiger partial charge on any atom is -0.486 e. The van der Waals surface area contributed by atoms with Crippen LogP contribution in [0, 0.1) is 0 Å². The van der Waals surface area contributed by atoms with E-state index in [1.54, 1.807) is 24.3 Å². The summed E-state index contributed by atoms with van der Waals surface area (Å²) in [5, 5.41) is 5.75. The van der Waals surface area contributed by atoms with Crippen LogP contribution in [0.3, 0.4) is 0 Å². The fourth-order valence-corrected chi connectivity index (χ4v) is 3.56. The maximum atomic E-state index is 12.7. The van der Waals surface area contributed by atoms with Crippen molar-refractivity contribution in [1.82, 2.24) is 10.6 Å². The first kappa shape index (κ1) is 18.2. The number of benzene rings is 2. The average Bonchev–Trinajstić information content (AvgIpc) is 2.92. The van der Waals surface area contributed by atoms with Crippen molar-refractivity contribution in [3.63, 3.8) is 0 Å². The van der Waals surface area contributed by atoms with Crippen LogP contribution in [0.4, 0.5) is 5.69 Å². The van der Waals surface area contributed by atoms with Gasteiger partial charge in [-0.3, -0.25) is 14.6 Å². The molecule has 5 rings (SSSR count). The Morgan fingerprint density at radius 1 is 1.13 bits per heavy atom. The number of hydrogen-bond donors (Lipinski definition) is 2. The number of carbonyl (C=O) groups is 2. The van der Waals surface area contributed by atoms with Gasteiger partial charge >= 0.3 is 0 Å². The second-order valence-corrected chi connectivity index (χ2v) is 7.16. The molecular formula is C23H19N3O4. The Kier molecular flexibility index (Phi) is 4.55. The van der Waals surface area contributed by atoms with Gasteiger partial charge in [-0.25, -0.2) is 0 Å². The van der Waals surface area contributed by atoms with Gasteiger partial charge in [-0.15, -0.1) is 0 Å². The number of amides is 2. The van der Waals surface area contributed by atoms with Gasteiger partial charge in [-0.1, -0.05) is 30.3 Å². The zero-order chi connectivity index (χ0) is 20.5. The molecule has 0 fully saturated rings. The molecule has 2 aliphatic heterocycles. The fraction of sp³-hybridized carbons (Fsp3) is 0.174. The summed E-state index contributed by atoms with van der Waals surface area (Å²) in [5.74, 6) is 0.906. The maximum absolute atomic E-state index is 12.7. The average molecular weight is 401 g/mol. The van der Waals surface area contributed by atoms with E-state index in [-0.39, 0.29) is 17.9 Å². The molecule has 2 aromatic rings. The minimum atomic E-state index is -0.273. The molecule has 0 radical (unpaired) electrons. The van der Waals surface area contributed by atoms with E-state index in [0.717, 1.165) is 5.71 Å². The standard InChI is InChI=1S/C23H19N3O4/c27-22(24-12-15-13-29-20-7-3-4-8-21(20)30-15)14-9-10-18-19(11-14)26-23(28)16-5-1-2-6-17(16)25-18/h1-9,11,15H,10,12-13H2,(H,24,27)(H,26,28). The number of aliphatic imine (C=N–C) groups is 1. The van der Waals surface area contributed by atoms with Crippen LogP contribution >= 0.6 is 0 Å². The summed E-state index contributed by atoms with van der Waals surface area (Å²) in [5.41, 5.74) is 2.90. The number of ether oxygens (including phenoxy) is 2. The molecule has 7 nitrogen and oxygen atoms in total. The fourth-order valence-electron chi connectivity index (χ4n) is 3.56. The van der Waals surface area contributed by atoms with Crippen LogP contribution in [0.2, 0.25) is 0 Å². The zero-order valence-electron chi connectivity index (χ0n) is 16.1. The lowest BCUT2D eigenvalue weighted by Crippen LogP contribution is -2.41. The molecule has 0 spiro atoms. The van der Waals surface area contributed by atoms with E-state index in [1.807, 2.05) is 36.4 Å². The molecule has 30 heavy (non-hydrogen) atoms. The lowest BCUT2D eigenvalue weighted by atomic mass is 10.0. The molecule has 150 valence electrons. The monoisotopic (exact) mass is 401 g/mol. The van der Waals surface area contributed by atoms with Gasteiger partial charge in [0.2, 0.25) is 0 Å². The molecule has 3 aliphatic rings. The van der Waals surface area contributed by atoms with E-state index in [9.17, 15) is 9.59 Å². The summed E-state index contributed by atoms with van der Waals surface area (Å²) in [4.78, 5) is 29.8. The summed E-state index contributed by atoms with van der Waals surface area (Å²) >= 11 is 0. The highest BCUT2D eigenvalue weighted by atomic mass is 16.6. The number of para-hydroxylation sites is 3. The Morgan fingerprint density at radius 3 is 2.83 bits per heavy atom. The van der Waals surface area contributed by atoms with Crippen molar-refractivity contribution in [3.05, 3.63) is 77.5 Å². The van der Waals surface area contributed by atoms with Gasteiger partial charge in [-0.2, -0.15) is 0 Å². The third-order valence-corrected chi connectivity index (χ3v) is 5.10. The minimum absolute atomic E-state index is 0.233. The molecule has 2 N–H and O–H groups in total. The molecule has 2 aromatic carbocycles. The molecule has 0 saturated heterocycles. The van der Waals surface area contributed by atoms with Crippen molar-refractivity contribution >= 4 is 23.2 Å². The summed E-state index contributed by atoms with van der Waals surface area (Å²) < 4.78 is 11.5. The predicted molar refractivity (Wildman–Crippen MR) is 111 cm³/mol. The summed E-state index contributed by atoms with van der Waals surface area (Å²) in [6, 6.07) is 14.6. The highest BCUT2D eigenvalue weighted by Gasteiger charge is 2.25. The Morgan fingerprint density at radius 2 is 1.93 bits per heavy atom. The molecule has 2 heterocycles. The van der Waals surface area contributed by atoms with E-state index in [4.69, 9.17) is 9.47 Å². The summed E-state index contributed by atoms with van der Waals surface area (Å²) in [7, 11) is 0. The van der Waals surface area contributed by atoms with Crippen LogP contribution in [-0.2, 0) is 4.79 Å². The van der Waals surface area contributed by atoms with Gasteiger partial charge in [0.05, 0.1) is 29.2 Å². The molecule has 0 saturated carbocycles. The number of hydrogen-bond acceptors (Lipinski definition) is 5. The number of nitrogens with one attached hydrogen (secondary N) is 2. The second-order valence-electron chi connectivity index (χ2n) is 7.16. The SMILES string of the molecule is O=C(NCC1COc2ccccc2O1)C1=CCC2=Nc3ccccc3C(=O)NC2=C1. The van der Waals surface area contributed by atoms with Gasteiger partial charge in [-0.05, 0) is 30.3 Å². The van der Waals surface area contributed by atoms with Crippen LogP contribution in [0.25, 0.3) is 0 Å². The Labute approximate surface area is 173 Å². The van der Waals surface area contributed by atoms with Crippen molar-refractivity contribution in [2.24, 2.45) is 4.99 Å². The normalized spacial score (nSPS) is 19.1. The van der Waals surface area contributed by atoms with Gasteiger partial charge in [0.15, 0.2) is 11.5 Å². The molecule has 1 unspecified atom stereocenters. The molecule has 0 bridgehead atoms. The topological polar surface area (TPSA) is 89.0 Å². The van der Waals surface area contributed by atoms with Crippen molar-refractivity contribution in [2.45, 2.75) is 12.5 Å². The van der Waals surface area contributed by atoms with E-state index in [1.165, 1.54) is 0 Å². The molecule has 2 amide bonds. The maximum Gasteiger partial charge on any atom is 0.257 e. The third kappa shape index (κ3) is 3.45. The van der Waals surface area contributed by atoms with Crippen LogP contribution in [0.1, 0.15) is 16.8 Å². The van der Waals surface area contributed by atoms with E-state index >= 15 is 0 Å². The van der Waals surface area contributed by atoms with Crippen molar-refractivity contribution in [1.29, 1.82) is 0 Å². The Balaban J connectivity index is 1.26. The van der Waals surface area contributed by atoms with E-state index < -0.39 is 0 Å². The van der Waals surface area contributed by atoms with Gasteiger partial charge in [0.25, 0.3) is 11.8 Å². The summed E-state index contributed by atoms with van der Waals surface area (Å²) in [6.45, 7) is 0.676. The lowest BCUT2D eigenvalue weighted by Gasteiger charge is -2.26. The Bertz CT molecular complexity index is 1130. The van der Waals surface area contributed by atoms with Gasteiger partial charge < -0.3 is 20.1 Å². The van der Waals surface area contributed by atoms with Gasteiger partial charge in [0.1, 0.15) is 12.7 Å². The first-order valence-electron chi connectivity index (χ1n) is 9.74. The van der Waals surface area contributed by atoms with Crippen molar-refractivity contribution in [2.75, 3.05) is 13.2 Å². The van der Waals surface area contributed by atoms with Gasteiger partial charge in [0, 0.05) is 12.0 Å². The largest absolute Gasteiger partial charge is 0.486 e. The number of fused-ring (bicyclic) bond motifs is 3. The lowest BCUT2D eigenvalue weighted by molar-refractivity contribution is -0.117. The molecule has 7 heteroatoms.